The van der Waals surface area contributed by atoms with E-state index in [9.17, 15) is 9.18 Å². The fraction of sp³-hybridized carbons (Fsp3) is 0.389. The largest absolute Gasteiger partial charge is 0.387 e. The molecule has 1 aromatic carbocycles. The van der Waals surface area contributed by atoms with Crippen molar-refractivity contribution in [1.29, 1.82) is 0 Å². The maximum atomic E-state index is 13.1. The molecule has 0 bridgehead atoms. The summed E-state index contributed by atoms with van der Waals surface area (Å²) in [5.41, 5.74) is 0.504. The third kappa shape index (κ3) is 3.38. The van der Waals surface area contributed by atoms with E-state index in [4.69, 9.17) is 0 Å². The number of H-pyrrole nitrogens is 1. The van der Waals surface area contributed by atoms with Crippen LogP contribution in [0.1, 0.15) is 39.0 Å². The lowest BCUT2D eigenvalue weighted by molar-refractivity contribution is 0.626. The lowest BCUT2D eigenvalue weighted by Crippen LogP contribution is -2.38. The first-order chi connectivity index (χ1) is 11.2. The molecule has 122 valence electrons. The van der Waals surface area contributed by atoms with Crippen LogP contribution in [0.4, 0.5) is 4.39 Å². The number of halogens is 1. The molecule has 0 saturated heterocycles. The fourth-order valence-corrected chi connectivity index (χ4v) is 3.03. The third-order valence-electron chi connectivity index (χ3n) is 4.27. The summed E-state index contributed by atoms with van der Waals surface area (Å²) >= 11 is 0. The van der Waals surface area contributed by atoms with Crippen LogP contribution < -0.4 is 21.4 Å². The third-order valence-corrected chi connectivity index (χ3v) is 4.27. The Hall–Kier alpha value is -2.30. The first-order valence-corrected chi connectivity index (χ1v) is 8.22. The van der Waals surface area contributed by atoms with E-state index in [1.165, 1.54) is 29.7 Å². The number of aromatic amines is 1. The van der Waals surface area contributed by atoms with Crippen LogP contribution in [-0.4, -0.2) is 15.8 Å². The lowest BCUT2D eigenvalue weighted by atomic mass is 10.2. The molecule has 3 rings (SSSR count). The number of hydrogen-bond acceptors (Lipinski definition) is 2. The second-order valence-corrected chi connectivity index (χ2v) is 5.96. The lowest BCUT2D eigenvalue weighted by Gasteiger charge is -2.07. The SMILES string of the molecule is CCC=c1[nH]n(-c2ccc(F)cc2)c(=O)c1=CNC1CCCC1. The number of benzene rings is 1. The van der Waals surface area contributed by atoms with Crippen molar-refractivity contribution >= 4 is 12.3 Å². The van der Waals surface area contributed by atoms with Gasteiger partial charge in [0.25, 0.3) is 5.56 Å². The zero-order valence-corrected chi connectivity index (χ0v) is 13.3. The summed E-state index contributed by atoms with van der Waals surface area (Å²) in [5.74, 6) is -0.316. The summed E-state index contributed by atoms with van der Waals surface area (Å²) in [6, 6.07) is 6.35. The molecule has 5 heteroatoms. The van der Waals surface area contributed by atoms with Crippen LogP contribution in [0.5, 0.6) is 0 Å². The van der Waals surface area contributed by atoms with Crippen LogP contribution >= 0.6 is 0 Å². The summed E-state index contributed by atoms with van der Waals surface area (Å²) in [4.78, 5) is 12.7. The van der Waals surface area contributed by atoms with Crippen LogP contribution in [0.25, 0.3) is 18.0 Å². The first kappa shape index (κ1) is 15.6. The van der Waals surface area contributed by atoms with Crippen molar-refractivity contribution in [2.24, 2.45) is 0 Å². The van der Waals surface area contributed by atoms with E-state index >= 15 is 0 Å². The Bertz CT molecular complexity index is 827. The molecule has 4 nitrogen and oxygen atoms in total. The molecule has 1 fully saturated rings. The Balaban J connectivity index is 2.04. The number of rotatable bonds is 4. The van der Waals surface area contributed by atoms with E-state index < -0.39 is 0 Å². The van der Waals surface area contributed by atoms with Gasteiger partial charge in [-0.1, -0.05) is 25.8 Å². The van der Waals surface area contributed by atoms with E-state index in [2.05, 4.69) is 10.4 Å². The summed E-state index contributed by atoms with van der Waals surface area (Å²) in [5, 5.41) is 7.92. The quantitative estimate of drug-likeness (QED) is 0.903. The van der Waals surface area contributed by atoms with E-state index in [0.29, 0.717) is 16.9 Å². The highest BCUT2D eigenvalue weighted by Crippen LogP contribution is 2.17. The van der Waals surface area contributed by atoms with Crippen molar-refractivity contribution in [3.63, 3.8) is 0 Å². The Kier molecular flexibility index (Phi) is 4.65. The molecule has 0 spiro atoms. The molecule has 1 aliphatic rings. The summed E-state index contributed by atoms with van der Waals surface area (Å²) in [6.45, 7) is 2.03. The molecule has 0 radical (unpaired) electrons. The van der Waals surface area contributed by atoms with Gasteiger partial charge in [-0.3, -0.25) is 9.89 Å². The van der Waals surface area contributed by atoms with Crippen LogP contribution in [0, 0.1) is 5.82 Å². The van der Waals surface area contributed by atoms with Crippen molar-refractivity contribution in [1.82, 2.24) is 15.1 Å². The van der Waals surface area contributed by atoms with E-state index in [1.807, 2.05) is 19.2 Å². The van der Waals surface area contributed by atoms with Gasteiger partial charge in [-0.2, -0.15) is 0 Å². The number of nitrogens with zero attached hydrogens (tertiary/aromatic N) is 1. The number of nitrogens with one attached hydrogen (secondary N) is 2. The van der Waals surface area contributed by atoms with Crippen LogP contribution in [-0.2, 0) is 0 Å². The van der Waals surface area contributed by atoms with Crippen LogP contribution in [0.2, 0.25) is 0 Å². The highest BCUT2D eigenvalue weighted by Gasteiger charge is 2.13. The zero-order chi connectivity index (χ0) is 16.2. The monoisotopic (exact) mass is 315 g/mol. The fourth-order valence-electron chi connectivity index (χ4n) is 3.03. The molecule has 23 heavy (non-hydrogen) atoms. The van der Waals surface area contributed by atoms with Crippen molar-refractivity contribution in [3.05, 3.63) is 51.0 Å². The molecule has 0 unspecified atom stereocenters. The van der Waals surface area contributed by atoms with Gasteiger partial charge in [0.2, 0.25) is 0 Å². The van der Waals surface area contributed by atoms with Gasteiger partial charge in [0, 0.05) is 12.2 Å². The van der Waals surface area contributed by atoms with Gasteiger partial charge < -0.3 is 5.32 Å². The predicted octanol–water partition coefficient (Wildman–Crippen LogP) is 1.77. The molecule has 2 N–H and O–H groups in total. The highest BCUT2D eigenvalue weighted by atomic mass is 19.1. The Morgan fingerprint density at radius 2 is 2.00 bits per heavy atom. The van der Waals surface area contributed by atoms with Gasteiger partial charge in [-0.15, -0.1) is 0 Å². The standard InChI is InChI=1S/C18H22FN3O/c1-2-5-17-16(12-20-14-6-3-4-7-14)18(23)22(21-17)15-10-8-13(19)9-11-15/h5,8-12,14,20-21H,2-4,6-7H2,1H3. The zero-order valence-electron chi connectivity index (χ0n) is 13.3. The molecular weight excluding hydrogens is 293 g/mol. The van der Waals surface area contributed by atoms with Crippen LogP contribution in [0.3, 0.4) is 0 Å². The minimum Gasteiger partial charge on any atom is -0.387 e. The molecule has 0 atom stereocenters. The molecular formula is C18H22FN3O. The normalized spacial score (nSPS) is 17.1. The highest BCUT2D eigenvalue weighted by molar-refractivity contribution is 5.34. The second kappa shape index (κ2) is 6.86. The van der Waals surface area contributed by atoms with Crippen molar-refractivity contribution in [3.8, 4) is 5.69 Å². The number of hydrogen-bond donors (Lipinski definition) is 2. The van der Waals surface area contributed by atoms with Gasteiger partial charge in [0.05, 0.1) is 16.3 Å². The maximum Gasteiger partial charge on any atom is 0.280 e. The maximum absolute atomic E-state index is 13.1. The van der Waals surface area contributed by atoms with E-state index in [-0.39, 0.29) is 11.4 Å². The van der Waals surface area contributed by atoms with E-state index in [0.717, 1.165) is 24.6 Å². The van der Waals surface area contributed by atoms with E-state index in [1.54, 1.807) is 12.1 Å². The minimum atomic E-state index is -0.316. The Morgan fingerprint density at radius 3 is 2.65 bits per heavy atom. The van der Waals surface area contributed by atoms with Gasteiger partial charge in [0.1, 0.15) is 5.82 Å². The van der Waals surface area contributed by atoms with Gasteiger partial charge in [0.15, 0.2) is 0 Å². The molecule has 0 aliphatic heterocycles. The topological polar surface area (TPSA) is 49.8 Å². The van der Waals surface area contributed by atoms with Gasteiger partial charge >= 0.3 is 0 Å². The first-order valence-electron chi connectivity index (χ1n) is 8.22. The predicted molar refractivity (Wildman–Crippen MR) is 90.2 cm³/mol. The van der Waals surface area contributed by atoms with Crippen LogP contribution in [0.15, 0.2) is 29.1 Å². The molecule has 1 heterocycles. The summed E-state index contributed by atoms with van der Waals surface area (Å²) < 4.78 is 14.5. The van der Waals surface area contributed by atoms with Crippen molar-refractivity contribution in [2.45, 2.75) is 45.1 Å². The smallest absolute Gasteiger partial charge is 0.280 e. The minimum absolute atomic E-state index is 0.123. The molecule has 2 aromatic rings. The second-order valence-electron chi connectivity index (χ2n) is 5.96. The van der Waals surface area contributed by atoms with Crippen molar-refractivity contribution < 1.29 is 4.39 Å². The molecule has 0 amide bonds. The molecule has 1 saturated carbocycles. The Labute approximate surface area is 134 Å². The molecule has 1 aliphatic carbocycles. The molecule has 1 aromatic heterocycles. The number of aromatic nitrogens is 2. The van der Waals surface area contributed by atoms with Crippen molar-refractivity contribution in [2.75, 3.05) is 0 Å². The summed E-state index contributed by atoms with van der Waals surface area (Å²) in [6.07, 6.45) is 9.44. The van der Waals surface area contributed by atoms with Gasteiger partial charge in [-0.05, 0) is 43.5 Å². The van der Waals surface area contributed by atoms with Gasteiger partial charge in [-0.25, -0.2) is 9.07 Å². The Morgan fingerprint density at radius 1 is 1.30 bits per heavy atom. The summed E-state index contributed by atoms with van der Waals surface area (Å²) in [7, 11) is 0. The average Bonchev–Trinajstić information content (AvgIpc) is 3.16. The average molecular weight is 315 g/mol.